The molecule has 0 amide bonds. The number of ether oxygens (including phenoxy) is 1. The second-order valence-corrected chi connectivity index (χ2v) is 3.84. The molecule has 3 nitrogen and oxygen atoms in total. The molecule has 0 fully saturated rings. The number of hydrogen-bond donors (Lipinski definition) is 2. The molecule has 3 rings (SSSR count). The van der Waals surface area contributed by atoms with Gasteiger partial charge in [-0.15, -0.1) is 0 Å². The van der Waals surface area contributed by atoms with Gasteiger partial charge < -0.3 is 15.6 Å². The Kier molecular flexibility index (Phi) is 1.44. The summed E-state index contributed by atoms with van der Waals surface area (Å²) in [5, 5.41) is 9.61. The van der Waals surface area contributed by atoms with Gasteiger partial charge in [0.2, 0.25) is 0 Å². The lowest BCUT2D eigenvalue weighted by atomic mass is 10.00. The average Bonchev–Trinajstić information content (AvgIpc) is 2.77. The predicted octanol–water partition coefficient (Wildman–Crippen LogP) is 2.13. The number of benzene rings is 1. The molecule has 76 valence electrons. The minimum atomic E-state index is 0.202. The van der Waals surface area contributed by atoms with Crippen LogP contribution in [0.4, 0.5) is 5.69 Å². The Bertz CT molecular complexity index is 515. The summed E-state index contributed by atoms with van der Waals surface area (Å²) < 4.78 is 5.54. The molecule has 0 bridgehead atoms. The fourth-order valence-electron chi connectivity index (χ4n) is 2.17. The lowest BCUT2D eigenvalue weighted by Crippen LogP contribution is -1.94. The van der Waals surface area contributed by atoms with E-state index in [0.29, 0.717) is 12.2 Å². The van der Waals surface area contributed by atoms with Crippen molar-refractivity contribution >= 4 is 17.3 Å². The molecule has 0 saturated heterocycles. The predicted molar refractivity (Wildman–Crippen MR) is 59.7 cm³/mol. The lowest BCUT2D eigenvalue weighted by molar-refractivity contribution is 0.356. The standard InChI is InChI=1S/C12H11NO2/c1-6-8-4-10(13)7-2-3-15-12(7)9(8)5-11(6)14/h4-5,14H,1-3,13H2. The maximum atomic E-state index is 9.61. The van der Waals surface area contributed by atoms with E-state index in [-0.39, 0.29) is 5.76 Å². The highest BCUT2D eigenvalue weighted by atomic mass is 16.5. The molecule has 0 spiro atoms. The summed E-state index contributed by atoms with van der Waals surface area (Å²) in [6, 6.07) is 1.87. The van der Waals surface area contributed by atoms with Gasteiger partial charge in [0.25, 0.3) is 0 Å². The maximum absolute atomic E-state index is 9.61. The van der Waals surface area contributed by atoms with Gasteiger partial charge in [0.15, 0.2) is 0 Å². The molecule has 1 aromatic rings. The van der Waals surface area contributed by atoms with Crippen LogP contribution in [0.1, 0.15) is 16.7 Å². The maximum Gasteiger partial charge on any atom is 0.132 e. The van der Waals surface area contributed by atoms with Crippen molar-refractivity contribution in [2.24, 2.45) is 0 Å². The van der Waals surface area contributed by atoms with Crippen LogP contribution in [0.3, 0.4) is 0 Å². The zero-order valence-electron chi connectivity index (χ0n) is 8.21. The highest BCUT2D eigenvalue weighted by Gasteiger charge is 2.27. The van der Waals surface area contributed by atoms with Crippen LogP contribution in [0.25, 0.3) is 11.6 Å². The number of rotatable bonds is 0. The Morgan fingerprint density at radius 3 is 3.07 bits per heavy atom. The van der Waals surface area contributed by atoms with Crippen LogP contribution in [-0.2, 0) is 6.42 Å². The number of anilines is 1. The second kappa shape index (κ2) is 2.57. The molecule has 1 aliphatic carbocycles. The summed E-state index contributed by atoms with van der Waals surface area (Å²) in [6.07, 6.45) is 2.54. The van der Waals surface area contributed by atoms with Crippen LogP contribution < -0.4 is 10.5 Å². The van der Waals surface area contributed by atoms with E-state index in [1.165, 1.54) is 0 Å². The number of allylic oxidation sites excluding steroid dienone is 1. The normalized spacial score (nSPS) is 17.1. The molecular formula is C12H11NO2. The summed E-state index contributed by atoms with van der Waals surface area (Å²) in [5.74, 6) is 1.02. The minimum Gasteiger partial charge on any atom is -0.507 e. The van der Waals surface area contributed by atoms with E-state index in [2.05, 4.69) is 6.58 Å². The average molecular weight is 201 g/mol. The molecule has 3 heteroatoms. The van der Waals surface area contributed by atoms with E-state index in [1.807, 2.05) is 6.07 Å². The van der Waals surface area contributed by atoms with Gasteiger partial charge in [-0.05, 0) is 17.7 Å². The van der Waals surface area contributed by atoms with E-state index in [1.54, 1.807) is 6.08 Å². The van der Waals surface area contributed by atoms with Crippen molar-refractivity contribution in [3.05, 3.63) is 35.1 Å². The monoisotopic (exact) mass is 201 g/mol. The van der Waals surface area contributed by atoms with E-state index >= 15 is 0 Å². The van der Waals surface area contributed by atoms with Crippen LogP contribution in [0.5, 0.6) is 5.75 Å². The minimum absolute atomic E-state index is 0.202. The van der Waals surface area contributed by atoms with Crippen molar-refractivity contribution in [1.29, 1.82) is 0 Å². The summed E-state index contributed by atoms with van der Waals surface area (Å²) >= 11 is 0. The van der Waals surface area contributed by atoms with Crippen molar-refractivity contribution in [3.8, 4) is 5.75 Å². The van der Waals surface area contributed by atoms with E-state index in [0.717, 1.165) is 34.5 Å². The summed E-state index contributed by atoms with van der Waals surface area (Å²) in [5.41, 5.74) is 10.1. The highest BCUT2D eigenvalue weighted by Crippen LogP contribution is 2.44. The van der Waals surface area contributed by atoms with Gasteiger partial charge in [0.05, 0.1) is 6.61 Å². The van der Waals surface area contributed by atoms with Crippen molar-refractivity contribution < 1.29 is 9.84 Å². The Balaban J connectivity index is 2.34. The summed E-state index contributed by atoms with van der Waals surface area (Å²) in [4.78, 5) is 0. The number of aliphatic hydroxyl groups excluding tert-OH is 1. The van der Waals surface area contributed by atoms with Gasteiger partial charge in [0.1, 0.15) is 11.5 Å². The van der Waals surface area contributed by atoms with Crippen LogP contribution in [0.2, 0.25) is 0 Å². The van der Waals surface area contributed by atoms with Crippen LogP contribution in [0, 0.1) is 0 Å². The third kappa shape index (κ3) is 0.947. The van der Waals surface area contributed by atoms with Gasteiger partial charge in [-0.25, -0.2) is 0 Å². The summed E-state index contributed by atoms with van der Waals surface area (Å²) in [6.45, 7) is 4.48. The Morgan fingerprint density at radius 2 is 2.27 bits per heavy atom. The van der Waals surface area contributed by atoms with E-state index < -0.39 is 0 Å². The quantitative estimate of drug-likeness (QED) is 0.632. The largest absolute Gasteiger partial charge is 0.507 e. The van der Waals surface area contributed by atoms with Crippen LogP contribution in [-0.4, -0.2) is 11.7 Å². The first-order valence-electron chi connectivity index (χ1n) is 4.87. The van der Waals surface area contributed by atoms with Crippen molar-refractivity contribution in [3.63, 3.8) is 0 Å². The van der Waals surface area contributed by atoms with Crippen LogP contribution in [0.15, 0.2) is 18.4 Å². The van der Waals surface area contributed by atoms with Gasteiger partial charge in [-0.1, -0.05) is 6.58 Å². The number of nitrogen functional groups attached to an aromatic ring is 1. The molecule has 1 aliphatic heterocycles. The second-order valence-electron chi connectivity index (χ2n) is 3.84. The van der Waals surface area contributed by atoms with Gasteiger partial charge in [-0.3, -0.25) is 0 Å². The van der Waals surface area contributed by atoms with Crippen molar-refractivity contribution in [1.82, 2.24) is 0 Å². The van der Waals surface area contributed by atoms with Gasteiger partial charge in [-0.2, -0.15) is 0 Å². The first-order chi connectivity index (χ1) is 7.18. The molecule has 0 unspecified atom stereocenters. The molecule has 0 radical (unpaired) electrons. The smallest absolute Gasteiger partial charge is 0.132 e. The van der Waals surface area contributed by atoms with E-state index in [9.17, 15) is 5.11 Å². The topological polar surface area (TPSA) is 55.5 Å². The number of nitrogens with two attached hydrogens (primary N) is 1. The third-order valence-electron chi connectivity index (χ3n) is 2.97. The molecule has 0 aromatic heterocycles. The third-order valence-corrected chi connectivity index (χ3v) is 2.97. The lowest BCUT2D eigenvalue weighted by Gasteiger charge is -2.08. The first kappa shape index (κ1) is 8.41. The molecular weight excluding hydrogens is 190 g/mol. The number of hydrogen-bond acceptors (Lipinski definition) is 3. The van der Waals surface area contributed by atoms with E-state index in [4.69, 9.17) is 10.5 Å². The van der Waals surface area contributed by atoms with Crippen molar-refractivity contribution in [2.45, 2.75) is 6.42 Å². The zero-order valence-corrected chi connectivity index (χ0v) is 8.21. The molecule has 2 aliphatic rings. The summed E-state index contributed by atoms with van der Waals surface area (Å²) in [7, 11) is 0. The fraction of sp³-hybridized carbons (Fsp3) is 0.167. The molecule has 1 heterocycles. The Labute approximate surface area is 87.5 Å². The van der Waals surface area contributed by atoms with Crippen molar-refractivity contribution in [2.75, 3.05) is 12.3 Å². The number of fused-ring (bicyclic) bond motifs is 3. The van der Waals surface area contributed by atoms with Crippen LogP contribution >= 0.6 is 0 Å². The van der Waals surface area contributed by atoms with Gasteiger partial charge in [0, 0.05) is 28.8 Å². The SMILES string of the molecule is C=C1C(O)=Cc2c1cc(N)c1c2OCC1. The zero-order chi connectivity index (χ0) is 10.6. The van der Waals surface area contributed by atoms with Gasteiger partial charge >= 0.3 is 0 Å². The molecule has 0 atom stereocenters. The first-order valence-corrected chi connectivity index (χ1v) is 4.87. The molecule has 15 heavy (non-hydrogen) atoms. The highest BCUT2D eigenvalue weighted by molar-refractivity contribution is 5.95. The Hall–Kier alpha value is -1.90. The molecule has 0 saturated carbocycles. The fourth-order valence-corrected chi connectivity index (χ4v) is 2.17. The number of aliphatic hydroxyl groups is 1. The molecule has 3 N–H and O–H groups in total. The Morgan fingerprint density at radius 1 is 1.47 bits per heavy atom. The molecule has 1 aromatic carbocycles.